The maximum Gasteiger partial charge on any atom is 0.408 e. The van der Waals surface area contributed by atoms with Crippen molar-refractivity contribution in [3.8, 4) is 5.75 Å². The summed E-state index contributed by atoms with van der Waals surface area (Å²) in [5, 5.41) is 33.3. The van der Waals surface area contributed by atoms with Crippen molar-refractivity contribution in [2.24, 2.45) is 0 Å². The number of aromatic hydroxyl groups is 1. The Morgan fingerprint density at radius 3 is 2.30 bits per heavy atom. The molecule has 0 radical (unpaired) electrons. The van der Waals surface area contributed by atoms with Crippen LogP contribution in [-0.2, 0) is 25.5 Å². The summed E-state index contributed by atoms with van der Waals surface area (Å²) < 4.78 is 5.10. The third kappa shape index (κ3) is 7.63. The number of aliphatic hydroxyl groups is 1. The number of alkyl carbamates (subject to hydrolysis) is 1. The van der Waals surface area contributed by atoms with Gasteiger partial charge < -0.3 is 35.6 Å². The lowest BCUT2D eigenvalue weighted by Crippen LogP contribution is -2.57. The van der Waals surface area contributed by atoms with Crippen LogP contribution in [0, 0.1) is 0 Å². The molecule has 1 aromatic carbocycles. The number of carbonyl (C=O) groups is 4. The number of benzene rings is 1. The van der Waals surface area contributed by atoms with Crippen LogP contribution in [-0.4, -0.2) is 81.0 Å². The van der Waals surface area contributed by atoms with Gasteiger partial charge in [0.05, 0.1) is 6.61 Å². The van der Waals surface area contributed by atoms with Crippen molar-refractivity contribution in [1.29, 1.82) is 0 Å². The van der Waals surface area contributed by atoms with E-state index >= 15 is 0 Å². The van der Waals surface area contributed by atoms with Crippen LogP contribution in [0.1, 0.15) is 39.2 Å². The maximum absolute atomic E-state index is 13.2. The predicted octanol–water partition coefficient (Wildman–Crippen LogP) is 0.381. The zero-order chi connectivity index (χ0) is 24.8. The fraction of sp³-hybridized carbons (Fsp3) is 0.545. The Kier molecular flexibility index (Phi) is 8.63. The Hall–Kier alpha value is -3.34. The summed E-state index contributed by atoms with van der Waals surface area (Å²) in [5.74, 6) is -2.52. The number of amides is 3. The van der Waals surface area contributed by atoms with Gasteiger partial charge in [0.2, 0.25) is 11.8 Å². The number of nitrogens with one attached hydrogen (secondary N) is 2. The van der Waals surface area contributed by atoms with Gasteiger partial charge in [0.15, 0.2) is 0 Å². The second-order valence-electron chi connectivity index (χ2n) is 8.84. The molecular formula is C22H31N3O8. The van der Waals surface area contributed by atoms with Crippen molar-refractivity contribution in [3.63, 3.8) is 0 Å². The Morgan fingerprint density at radius 1 is 1.12 bits per heavy atom. The highest BCUT2D eigenvalue weighted by Crippen LogP contribution is 2.20. The molecule has 11 heteroatoms. The molecule has 1 aliphatic rings. The monoisotopic (exact) mass is 465 g/mol. The van der Waals surface area contributed by atoms with Crippen LogP contribution in [0.15, 0.2) is 24.3 Å². The minimum Gasteiger partial charge on any atom is -0.508 e. The molecule has 0 saturated carbocycles. The van der Waals surface area contributed by atoms with E-state index in [0.29, 0.717) is 18.4 Å². The molecule has 0 aromatic heterocycles. The van der Waals surface area contributed by atoms with Crippen LogP contribution in [0.4, 0.5) is 4.79 Å². The summed E-state index contributed by atoms with van der Waals surface area (Å²) >= 11 is 0. The number of ether oxygens (including phenoxy) is 1. The molecule has 3 atom stereocenters. The fourth-order valence-electron chi connectivity index (χ4n) is 3.47. The minimum absolute atomic E-state index is 0.0122. The fourth-order valence-corrected chi connectivity index (χ4v) is 3.47. The lowest BCUT2D eigenvalue weighted by atomic mass is 10.0. The van der Waals surface area contributed by atoms with Gasteiger partial charge in [-0.05, 0) is 51.3 Å². The van der Waals surface area contributed by atoms with E-state index in [1.807, 2.05) is 0 Å². The molecule has 0 spiro atoms. The van der Waals surface area contributed by atoms with E-state index in [9.17, 15) is 34.5 Å². The van der Waals surface area contributed by atoms with Gasteiger partial charge in [-0.25, -0.2) is 9.59 Å². The van der Waals surface area contributed by atoms with Gasteiger partial charge >= 0.3 is 12.1 Å². The molecule has 33 heavy (non-hydrogen) atoms. The van der Waals surface area contributed by atoms with E-state index in [-0.39, 0.29) is 18.7 Å². The quantitative estimate of drug-likeness (QED) is 0.367. The first-order chi connectivity index (χ1) is 15.4. The molecule has 1 aromatic rings. The normalized spacial score (nSPS) is 17.7. The summed E-state index contributed by atoms with van der Waals surface area (Å²) in [5.41, 5.74) is -0.210. The van der Waals surface area contributed by atoms with E-state index in [1.54, 1.807) is 32.9 Å². The second-order valence-corrected chi connectivity index (χ2v) is 8.84. The highest BCUT2D eigenvalue weighted by Gasteiger charge is 2.38. The van der Waals surface area contributed by atoms with E-state index in [0.717, 1.165) is 0 Å². The first kappa shape index (κ1) is 25.9. The Bertz CT molecular complexity index is 865. The molecule has 1 heterocycles. The number of phenolic OH excluding ortho intramolecular Hbond substituents is 1. The van der Waals surface area contributed by atoms with E-state index in [1.165, 1.54) is 17.0 Å². The van der Waals surface area contributed by atoms with E-state index in [4.69, 9.17) is 4.74 Å². The average Bonchev–Trinajstić information content (AvgIpc) is 3.21. The van der Waals surface area contributed by atoms with Crippen LogP contribution in [0.3, 0.4) is 0 Å². The summed E-state index contributed by atoms with van der Waals surface area (Å²) in [6.45, 7) is 4.41. The van der Waals surface area contributed by atoms with Crippen molar-refractivity contribution in [3.05, 3.63) is 29.8 Å². The van der Waals surface area contributed by atoms with Crippen molar-refractivity contribution in [2.45, 2.75) is 63.8 Å². The molecule has 5 N–H and O–H groups in total. The standard InChI is InChI=1S/C22H31N3O8/c1-22(2,3)33-21(32)24-16(12-26)18(28)23-15(11-13-6-8-14(27)9-7-13)19(29)25-10-4-5-17(25)20(30)31/h6-9,15-17,26-27H,4-5,10-12H2,1-3H3,(H,23,28)(H,24,32)(H,30,31). The summed E-state index contributed by atoms with van der Waals surface area (Å²) in [6, 6.07) is 2.46. The van der Waals surface area contributed by atoms with Crippen LogP contribution in [0.5, 0.6) is 5.75 Å². The van der Waals surface area contributed by atoms with Crippen molar-refractivity contribution in [2.75, 3.05) is 13.2 Å². The molecule has 11 nitrogen and oxygen atoms in total. The number of carbonyl (C=O) groups excluding carboxylic acids is 3. The molecule has 0 aliphatic carbocycles. The molecule has 0 bridgehead atoms. The number of hydrogen-bond acceptors (Lipinski definition) is 7. The van der Waals surface area contributed by atoms with Crippen LogP contribution < -0.4 is 10.6 Å². The minimum atomic E-state index is -1.39. The first-order valence-corrected chi connectivity index (χ1v) is 10.6. The van der Waals surface area contributed by atoms with Gasteiger partial charge in [0, 0.05) is 13.0 Å². The predicted molar refractivity (Wildman–Crippen MR) is 116 cm³/mol. The number of nitrogens with zero attached hydrogens (tertiary/aromatic N) is 1. The average molecular weight is 466 g/mol. The molecule has 2 rings (SSSR count). The highest BCUT2D eigenvalue weighted by molar-refractivity contribution is 5.93. The van der Waals surface area contributed by atoms with Gasteiger partial charge in [0.25, 0.3) is 0 Å². The summed E-state index contributed by atoms with van der Waals surface area (Å²) in [7, 11) is 0. The second kappa shape index (κ2) is 11.0. The zero-order valence-electron chi connectivity index (χ0n) is 18.9. The number of carboxylic acids is 1. The van der Waals surface area contributed by atoms with Gasteiger partial charge in [-0.15, -0.1) is 0 Å². The smallest absolute Gasteiger partial charge is 0.408 e. The molecule has 3 amide bonds. The lowest BCUT2D eigenvalue weighted by Gasteiger charge is -2.29. The zero-order valence-corrected chi connectivity index (χ0v) is 18.9. The third-order valence-corrected chi connectivity index (χ3v) is 5.00. The summed E-state index contributed by atoms with van der Waals surface area (Å²) in [6.07, 6.45) is -0.0793. The number of aliphatic carboxylic acids is 1. The Labute approximate surface area is 191 Å². The number of aliphatic hydroxyl groups excluding tert-OH is 1. The molecule has 1 saturated heterocycles. The van der Waals surface area contributed by atoms with Crippen molar-refractivity contribution in [1.82, 2.24) is 15.5 Å². The van der Waals surface area contributed by atoms with Gasteiger partial charge in [-0.1, -0.05) is 12.1 Å². The van der Waals surface area contributed by atoms with Gasteiger partial charge in [-0.3, -0.25) is 9.59 Å². The first-order valence-electron chi connectivity index (χ1n) is 10.6. The van der Waals surface area contributed by atoms with Crippen LogP contribution in [0.25, 0.3) is 0 Å². The van der Waals surface area contributed by atoms with Crippen LogP contribution in [0.2, 0.25) is 0 Å². The van der Waals surface area contributed by atoms with E-state index < -0.39 is 54.2 Å². The maximum atomic E-state index is 13.2. The van der Waals surface area contributed by atoms with E-state index in [2.05, 4.69) is 10.6 Å². The lowest BCUT2D eigenvalue weighted by molar-refractivity contribution is -0.149. The third-order valence-electron chi connectivity index (χ3n) is 5.00. The molecule has 1 fully saturated rings. The summed E-state index contributed by atoms with van der Waals surface area (Å²) in [4.78, 5) is 50.8. The molecule has 1 aliphatic heterocycles. The van der Waals surface area contributed by atoms with Crippen LogP contribution >= 0.6 is 0 Å². The Morgan fingerprint density at radius 2 is 1.76 bits per heavy atom. The Balaban J connectivity index is 2.20. The van der Waals surface area contributed by atoms with Gasteiger partial charge in [-0.2, -0.15) is 0 Å². The number of phenols is 1. The SMILES string of the molecule is CC(C)(C)OC(=O)NC(CO)C(=O)NC(Cc1ccc(O)cc1)C(=O)N1CCCC1C(=O)O. The molecule has 182 valence electrons. The largest absolute Gasteiger partial charge is 0.508 e. The van der Waals surface area contributed by atoms with Crippen molar-refractivity contribution < 1.29 is 39.2 Å². The number of likely N-dealkylation sites (tertiary alicyclic amines) is 1. The highest BCUT2D eigenvalue weighted by atomic mass is 16.6. The molecule has 3 unspecified atom stereocenters. The number of hydrogen-bond donors (Lipinski definition) is 5. The van der Waals surface area contributed by atoms with Gasteiger partial charge in [0.1, 0.15) is 29.5 Å². The number of carboxylic acid groups (broad SMARTS) is 1. The van der Waals surface area contributed by atoms with Crippen molar-refractivity contribution >= 4 is 23.9 Å². The topological polar surface area (TPSA) is 166 Å². The number of rotatable bonds is 8. The molecular weight excluding hydrogens is 434 g/mol.